The first kappa shape index (κ1) is 17.5. The van der Waals surface area contributed by atoms with E-state index in [0.717, 1.165) is 11.6 Å². The Morgan fingerprint density at radius 2 is 1.88 bits per heavy atom. The highest BCUT2D eigenvalue weighted by atomic mass is 35.5. The molecule has 0 bridgehead atoms. The Balaban J connectivity index is 2.20. The Labute approximate surface area is 152 Å². The third kappa shape index (κ3) is 3.67. The summed E-state index contributed by atoms with van der Waals surface area (Å²) in [7, 11) is 0. The topological polar surface area (TPSA) is 59.3 Å². The number of carboxylic acids is 1. The molecule has 0 aliphatic rings. The molecule has 2 aromatic carbocycles. The summed E-state index contributed by atoms with van der Waals surface area (Å²) >= 11 is 12.1. The molecule has 0 spiro atoms. The largest absolute Gasteiger partial charge is 0.481 e. The van der Waals surface area contributed by atoms with Crippen LogP contribution in [0.2, 0.25) is 10.0 Å². The number of benzene rings is 2. The molecule has 7 heteroatoms. The second kappa shape index (κ2) is 6.86. The van der Waals surface area contributed by atoms with E-state index in [2.05, 4.69) is 0 Å². The molecule has 4 nitrogen and oxygen atoms in total. The van der Waals surface area contributed by atoms with Crippen molar-refractivity contribution in [2.75, 3.05) is 0 Å². The number of rotatable bonds is 4. The maximum Gasteiger partial charge on any atom is 0.308 e. The molecule has 3 rings (SSSR count). The number of fused-ring (bicyclic) bond motifs is 1. The minimum Gasteiger partial charge on any atom is -0.481 e. The fraction of sp³-hybridized carbons (Fsp3) is 0.111. The van der Waals surface area contributed by atoms with Gasteiger partial charge < -0.3 is 9.67 Å². The van der Waals surface area contributed by atoms with Gasteiger partial charge in [0.1, 0.15) is 5.82 Å². The smallest absolute Gasteiger partial charge is 0.308 e. The number of carboxylic acid groups (broad SMARTS) is 1. The average molecular weight is 380 g/mol. The fourth-order valence-electron chi connectivity index (χ4n) is 2.68. The van der Waals surface area contributed by atoms with E-state index >= 15 is 0 Å². The molecule has 0 saturated carbocycles. The van der Waals surface area contributed by atoms with Gasteiger partial charge in [0.25, 0.3) is 0 Å². The third-order valence-electron chi connectivity index (χ3n) is 3.81. The first-order valence-corrected chi connectivity index (χ1v) is 8.08. The molecule has 1 N–H and O–H groups in total. The zero-order valence-corrected chi connectivity index (χ0v) is 14.3. The van der Waals surface area contributed by atoms with Crippen molar-refractivity contribution < 1.29 is 14.3 Å². The Bertz CT molecular complexity index is 1050. The van der Waals surface area contributed by atoms with Gasteiger partial charge in [-0.05, 0) is 35.9 Å². The van der Waals surface area contributed by atoms with Crippen LogP contribution < -0.4 is 5.43 Å². The summed E-state index contributed by atoms with van der Waals surface area (Å²) in [6.07, 6.45) is 1.03. The van der Waals surface area contributed by atoms with E-state index in [1.165, 1.54) is 18.3 Å². The van der Waals surface area contributed by atoms with Gasteiger partial charge in [-0.3, -0.25) is 9.59 Å². The Kier molecular flexibility index (Phi) is 4.79. The summed E-state index contributed by atoms with van der Waals surface area (Å²) in [5.41, 5.74) is 0.819. The van der Waals surface area contributed by atoms with Crippen LogP contribution in [0.3, 0.4) is 0 Å². The zero-order valence-electron chi connectivity index (χ0n) is 12.8. The predicted octanol–water partition coefficient (Wildman–Crippen LogP) is 4.12. The van der Waals surface area contributed by atoms with Gasteiger partial charge >= 0.3 is 5.97 Å². The lowest BCUT2D eigenvalue weighted by Gasteiger charge is -2.14. The van der Waals surface area contributed by atoms with E-state index in [9.17, 15) is 14.0 Å². The van der Waals surface area contributed by atoms with Gasteiger partial charge in [0.05, 0.1) is 11.9 Å². The molecule has 0 aliphatic carbocycles. The van der Waals surface area contributed by atoms with Crippen molar-refractivity contribution in [3.05, 3.63) is 79.8 Å². The molecule has 0 atom stereocenters. The second-order valence-corrected chi connectivity index (χ2v) is 6.42. The van der Waals surface area contributed by atoms with Crippen LogP contribution in [0.15, 0.2) is 47.4 Å². The monoisotopic (exact) mass is 379 g/mol. The van der Waals surface area contributed by atoms with Crippen LogP contribution in [0.1, 0.15) is 11.1 Å². The van der Waals surface area contributed by atoms with E-state index in [-0.39, 0.29) is 17.5 Å². The lowest BCUT2D eigenvalue weighted by atomic mass is 10.1. The Morgan fingerprint density at radius 1 is 1.12 bits per heavy atom. The molecule has 1 heterocycles. The highest BCUT2D eigenvalue weighted by molar-refractivity contribution is 6.35. The number of hydrogen-bond acceptors (Lipinski definition) is 2. The second-order valence-electron chi connectivity index (χ2n) is 5.58. The van der Waals surface area contributed by atoms with Crippen molar-refractivity contribution in [1.82, 2.24) is 4.57 Å². The lowest BCUT2D eigenvalue weighted by Crippen LogP contribution is -2.18. The number of halogens is 3. The molecular weight excluding hydrogens is 368 g/mol. The molecule has 0 saturated heterocycles. The van der Waals surface area contributed by atoms with Gasteiger partial charge in [0, 0.05) is 33.7 Å². The van der Waals surface area contributed by atoms with Crippen LogP contribution in [-0.4, -0.2) is 15.6 Å². The number of hydrogen-bond donors (Lipinski definition) is 1. The summed E-state index contributed by atoms with van der Waals surface area (Å²) in [4.78, 5) is 23.5. The van der Waals surface area contributed by atoms with Crippen LogP contribution in [0.5, 0.6) is 0 Å². The van der Waals surface area contributed by atoms with E-state index < -0.39 is 23.6 Å². The van der Waals surface area contributed by atoms with E-state index in [4.69, 9.17) is 28.3 Å². The van der Waals surface area contributed by atoms with E-state index in [1.807, 2.05) is 0 Å². The first-order chi connectivity index (χ1) is 11.8. The summed E-state index contributed by atoms with van der Waals surface area (Å²) < 4.78 is 15.3. The number of aromatic nitrogens is 1. The van der Waals surface area contributed by atoms with E-state index in [1.54, 1.807) is 22.8 Å². The SMILES string of the molecule is O=C(O)Cc1cn(Cc2ccc(Cl)cc2Cl)c2ccc(F)cc2c1=O. The van der Waals surface area contributed by atoms with Gasteiger partial charge in [-0.1, -0.05) is 29.3 Å². The standard InChI is InChI=1S/C18H12Cl2FNO3/c19-12-2-1-10(15(20)6-12)8-22-9-11(5-17(23)24)18(25)14-7-13(21)3-4-16(14)22/h1-4,6-7,9H,5,8H2,(H,23,24). The molecular formula is C18H12Cl2FNO3. The van der Waals surface area contributed by atoms with Gasteiger partial charge in [-0.25, -0.2) is 4.39 Å². The maximum atomic E-state index is 13.6. The van der Waals surface area contributed by atoms with Crippen LogP contribution in [-0.2, 0) is 17.8 Å². The highest BCUT2D eigenvalue weighted by Crippen LogP contribution is 2.23. The summed E-state index contributed by atoms with van der Waals surface area (Å²) in [6.45, 7) is 0.283. The quantitative estimate of drug-likeness (QED) is 0.741. The minimum atomic E-state index is -1.14. The minimum absolute atomic E-state index is 0.0793. The highest BCUT2D eigenvalue weighted by Gasteiger charge is 2.13. The molecule has 25 heavy (non-hydrogen) atoms. The van der Waals surface area contributed by atoms with Crippen molar-refractivity contribution in [3.8, 4) is 0 Å². The van der Waals surface area contributed by atoms with Crippen molar-refractivity contribution in [3.63, 3.8) is 0 Å². The predicted molar refractivity (Wildman–Crippen MR) is 95.1 cm³/mol. The van der Waals surface area contributed by atoms with Crippen molar-refractivity contribution in [1.29, 1.82) is 0 Å². The summed E-state index contributed by atoms with van der Waals surface area (Å²) in [6, 6.07) is 8.88. The molecule has 1 aromatic heterocycles. The summed E-state index contributed by atoms with van der Waals surface area (Å²) in [5.74, 6) is -1.70. The molecule has 0 fully saturated rings. The van der Waals surface area contributed by atoms with E-state index in [0.29, 0.717) is 15.6 Å². The molecule has 3 aromatic rings. The molecule has 128 valence electrons. The Morgan fingerprint density at radius 3 is 2.56 bits per heavy atom. The van der Waals surface area contributed by atoms with Crippen molar-refractivity contribution in [2.45, 2.75) is 13.0 Å². The Hall–Kier alpha value is -2.37. The maximum absolute atomic E-state index is 13.6. The average Bonchev–Trinajstić information content (AvgIpc) is 2.53. The van der Waals surface area contributed by atoms with Crippen molar-refractivity contribution >= 4 is 40.1 Å². The molecule has 0 radical (unpaired) electrons. The van der Waals surface area contributed by atoms with Gasteiger partial charge in [0.2, 0.25) is 0 Å². The zero-order chi connectivity index (χ0) is 18.1. The third-order valence-corrected chi connectivity index (χ3v) is 4.40. The van der Waals surface area contributed by atoms with Gasteiger partial charge in [0.15, 0.2) is 5.43 Å². The number of pyridine rings is 1. The lowest BCUT2D eigenvalue weighted by molar-refractivity contribution is -0.136. The van der Waals surface area contributed by atoms with Gasteiger partial charge in [-0.15, -0.1) is 0 Å². The number of aliphatic carboxylic acids is 1. The molecule has 0 amide bonds. The summed E-state index contributed by atoms with van der Waals surface area (Å²) in [5, 5.41) is 10.1. The molecule has 0 unspecified atom stereocenters. The number of nitrogens with zero attached hydrogens (tertiary/aromatic N) is 1. The number of carbonyl (C=O) groups is 1. The van der Waals surface area contributed by atoms with Crippen molar-refractivity contribution in [2.24, 2.45) is 0 Å². The first-order valence-electron chi connectivity index (χ1n) is 7.32. The van der Waals surface area contributed by atoms with Crippen LogP contribution in [0.25, 0.3) is 10.9 Å². The normalized spacial score (nSPS) is 11.0. The van der Waals surface area contributed by atoms with Crippen LogP contribution >= 0.6 is 23.2 Å². The molecule has 0 aliphatic heterocycles. The van der Waals surface area contributed by atoms with Crippen LogP contribution in [0.4, 0.5) is 4.39 Å². The van der Waals surface area contributed by atoms with Gasteiger partial charge in [-0.2, -0.15) is 0 Å². The van der Waals surface area contributed by atoms with Crippen LogP contribution in [0, 0.1) is 5.82 Å². The fourth-order valence-corrected chi connectivity index (χ4v) is 3.15.